The lowest BCUT2D eigenvalue weighted by molar-refractivity contribution is -0.0950. The summed E-state index contributed by atoms with van der Waals surface area (Å²) in [6.07, 6.45) is 7.91. The first-order chi connectivity index (χ1) is 19.6. The lowest BCUT2D eigenvalue weighted by Gasteiger charge is -2.34. The van der Waals surface area contributed by atoms with Crippen LogP contribution in [0.5, 0.6) is 0 Å². The number of nitrogens with two attached hydrogens (primary N) is 1. The molecule has 0 radical (unpaired) electrons. The summed E-state index contributed by atoms with van der Waals surface area (Å²) in [6.45, 7) is 5.71. The second-order valence-corrected chi connectivity index (χ2v) is 9.95. The molecule has 1 unspecified atom stereocenters. The maximum absolute atomic E-state index is 13.2. The number of piperidine rings is 1. The zero-order chi connectivity index (χ0) is 30.8. The van der Waals surface area contributed by atoms with Crippen molar-refractivity contribution in [2.75, 3.05) is 26.8 Å². The molecule has 1 spiro atoms. The van der Waals surface area contributed by atoms with E-state index in [9.17, 15) is 22.8 Å². The average Bonchev–Trinajstić information content (AvgIpc) is 3.67. The zero-order valence-electron chi connectivity index (χ0n) is 24.1. The molecule has 2 aliphatic rings. The molecule has 0 aromatic heterocycles. The summed E-state index contributed by atoms with van der Waals surface area (Å²) in [5.74, 6) is 0.251. The van der Waals surface area contributed by atoms with E-state index in [0.29, 0.717) is 5.56 Å². The molecule has 2 aromatic rings. The van der Waals surface area contributed by atoms with Gasteiger partial charge in [-0.25, -0.2) is 9.38 Å². The number of hydrogen-bond donors (Lipinski definition) is 1. The summed E-state index contributed by atoms with van der Waals surface area (Å²) in [7, 11) is 2.07. The molecule has 1 saturated carbocycles. The van der Waals surface area contributed by atoms with Crippen molar-refractivity contribution in [3.8, 4) is 30.0 Å². The molecule has 1 aliphatic carbocycles. The predicted molar refractivity (Wildman–Crippen MR) is 166 cm³/mol. The molecule has 1 aliphatic heterocycles. The normalized spacial score (nSPS) is 20.2. The summed E-state index contributed by atoms with van der Waals surface area (Å²) >= 11 is 0. The zero-order valence-corrected chi connectivity index (χ0v) is 24.1. The summed E-state index contributed by atoms with van der Waals surface area (Å²) in [5.41, 5.74) is 7.97. The second-order valence-electron chi connectivity index (χ2n) is 9.95. The van der Waals surface area contributed by atoms with Crippen molar-refractivity contribution in [3.63, 3.8) is 0 Å². The maximum atomic E-state index is 13.2. The fraction of sp³-hybridized carbons (Fsp3) is 0.412. The standard InChI is InChI=1S/C29H30F4N4.C2H6.C2H2.CH4/c1-3-25(16-24(17-30)29(31,32)33)36-26(35)28(19-27(28)11-13-37(2)14-12-27)23-9-7-21(8-10-23)22-6-4-5-20(15-22)18-34;2*1-2;/h3-10,15-16H,11-14,17,19H2,1-2H3,(H2,35,36);1-2H3;1-2H;1H4/b24-16+,25-3+;;;. The van der Waals surface area contributed by atoms with Gasteiger partial charge in [-0.05, 0) is 86.6 Å². The van der Waals surface area contributed by atoms with Crippen LogP contribution in [0.1, 0.15) is 58.6 Å². The molecule has 2 fully saturated rings. The molecule has 0 amide bonds. The first kappa shape index (κ1) is 36.1. The van der Waals surface area contributed by atoms with Crippen LogP contribution in [0.2, 0.25) is 0 Å². The van der Waals surface area contributed by atoms with Crippen molar-refractivity contribution in [1.29, 1.82) is 5.26 Å². The fourth-order valence-corrected chi connectivity index (χ4v) is 5.54. The van der Waals surface area contributed by atoms with Crippen molar-refractivity contribution in [1.82, 2.24) is 4.90 Å². The van der Waals surface area contributed by atoms with Gasteiger partial charge in [-0.15, -0.1) is 12.8 Å². The van der Waals surface area contributed by atoms with Gasteiger partial charge >= 0.3 is 6.18 Å². The number of hydrogen-bond acceptors (Lipinski definition) is 3. The van der Waals surface area contributed by atoms with Crippen LogP contribution in [0, 0.1) is 29.6 Å². The lowest BCUT2D eigenvalue weighted by Crippen LogP contribution is -2.40. The van der Waals surface area contributed by atoms with E-state index in [4.69, 9.17) is 5.73 Å². The van der Waals surface area contributed by atoms with E-state index >= 15 is 0 Å². The molecule has 4 nitrogen and oxygen atoms in total. The molecule has 1 atom stereocenters. The van der Waals surface area contributed by atoms with Gasteiger partial charge in [0.2, 0.25) is 0 Å². The van der Waals surface area contributed by atoms with Crippen LogP contribution in [0.25, 0.3) is 11.1 Å². The lowest BCUT2D eigenvalue weighted by atomic mass is 9.79. The van der Waals surface area contributed by atoms with Gasteiger partial charge in [-0.3, -0.25) is 0 Å². The number of terminal acetylenes is 1. The minimum absolute atomic E-state index is 0. The first-order valence-corrected chi connectivity index (χ1v) is 13.6. The second kappa shape index (κ2) is 15.4. The van der Waals surface area contributed by atoms with E-state index in [0.717, 1.165) is 55.1 Å². The number of nitrogens with zero attached hydrogens (tertiary/aromatic N) is 3. The van der Waals surface area contributed by atoms with E-state index < -0.39 is 23.8 Å². The van der Waals surface area contributed by atoms with Gasteiger partial charge in [-0.2, -0.15) is 18.4 Å². The Balaban J connectivity index is 0.00000169. The third kappa shape index (κ3) is 7.49. The highest BCUT2D eigenvalue weighted by atomic mass is 19.4. The molecular weight excluding hydrogens is 540 g/mol. The number of amidine groups is 1. The van der Waals surface area contributed by atoms with Crippen LogP contribution in [-0.4, -0.2) is 43.7 Å². The Bertz CT molecular complexity index is 1320. The number of allylic oxidation sites excluding steroid dienone is 3. The van der Waals surface area contributed by atoms with Crippen LogP contribution in [0.15, 0.2) is 76.9 Å². The molecule has 2 aromatic carbocycles. The quantitative estimate of drug-likeness (QED) is 0.123. The van der Waals surface area contributed by atoms with Gasteiger partial charge in [0.1, 0.15) is 12.5 Å². The molecule has 8 heteroatoms. The number of halogens is 4. The Kier molecular flexibility index (Phi) is 13.2. The first-order valence-electron chi connectivity index (χ1n) is 13.6. The van der Waals surface area contributed by atoms with Crippen LogP contribution >= 0.6 is 0 Å². The van der Waals surface area contributed by atoms with Gasteiger partial charge in [-0.1, -0.05) is 63.7 Å². The highest BCUT2D eigenvalue weighted by Crippen LogP contribution is 2.69. The van der Waals surface area contributed by atoms with Gasteiger partial charge in [0.15, 0.2) is 0 Å². The van der Waals surface area contributed by atoms with E-state index in [-0.39, 0.29) is 24.4 Å². The van der Waals surface area contributed by atoms with E-state index in [1.54, 1.807) is 13.0 Å². The van der Waals surface area contributed by atoms with Crippen molar-refractivity contribution in [2.45, 2.75) is 59.1 Å². The number of aliphatic imine (C=N–C) groups is 1. The molecule has 226 valence electrons. The molecule has 0 bridgehead atoms. The fourth-order valence-electron chi connectivity index (χ4n) is 5.54. The topological polar surface area (TPSA) is 65.4 Å². The molecule has 1 heterocycles. The number of rotatable bonds is 6. The maximum Gasteiger partial charge on any atom is 0.415 e. The number of benzene rings is 2. The Morgan fingerprint density at radius 2 is 1.69 bits per heavy atom. The van der Waals surface area contributed by atoms with E-state index in [1.807, 2.05) is 56.3 Å². The van der Waals surface area contributed by atoms with Crippen LogP contribution in [-0.2, 0) is 5.41 Å². The monoisotopic (exact) mass is 582 g/mol. The van der Waals surface area contributed by atoms with Crippen LogP contribution < -0.4 is 5.73 Å². The number of nitriles is 1. The molecule has 4 rings (SSSR count). The van der Waals surface area contributed by atoms with Gasteiger partial charge < -0.3 is 10.6 Å². The predicted octanol–water partition coefficient (Wildman–Crippen LogP) is 8.21. The van der Waals surface area contributed by atoms with Crippen molar-refractivity contribution >= 4 is 5.84 Å². The number of likely N-dealkylation sites (tertiary alicyclic amines) is 1. The highest BCUT2D eigenvalue weighted by molar-refractivity contribution is 5.97. The Morgan fingerprint density at radius 1 is 1.10 bits per heavy atom. The summed E-state index contributed by atoms with van der Waals surface area (Å²) < 4.78 is 52.7. The third-order valence-corrected chi connectivity index (χ3v) is 7.84. The molecular formula is C34H42F4N4. The minimum atomic E-state index is -4.78. The molecule has 42 heavy (non-hydrogen) atoms. The molecule has 2 N–H and O–H groups in total. The SMILES string of the molecule is C.C#C.C/C=C(\C=C(/CF)C(F)(F)F)N=C(N)C1(c2ccc(-c3cccc(C#N)c3)cc2)CC12CCN(C)CC2.CC. The van der Waals surface area contributed by atoms with Gasteiger partial charge in [0.25, 0.3) is 0 Å². The van der Waals surface area contributed by atoms with Crippen LogP contribution in [0.3, 0.4) is 0 Å². The third-order valence-electron chi connectivity index (χ3n) is 7.84. The average molecular weight is 583 g/mol. The molecule has 1 saturated heterocycles. The van der Waals surface area contributed by atoms with Gasteiger partial charge in [0.05, 0.1) is 28.3 Å². The van der Waals surface area contributed by atoms with Crippen molar-refractivity contribution in [3.05, 3.63) is 83.1 Å². The summed E-state index contributed by atoms with van der Waals surface area (Å²) in [5, 5.41) is 9.22. The number of alkyl halides is 4. The minimum Gasteiger partial charge on any atom is -0.386 e. The van der Waals surface area contributed by atoms with E-state index in [1.165, 1.54) is 6.08 Å². The Labute approximate surface area is 248 Å². The van der Waals surface area contributed by atoms with Crippen LogP contribution in [0.4, 0.5) is 17.6 Å². The van der Waals surface area contributed by atoms with Crippen molar-refractivity contribution < 1.29 is 17.6 Å². The Morgan fingerprint density at radius 3 is 2.19 bits per heavy atom. The van der Waals surface area contributed by atoms with Gasteiger partial charge in [0, 0.05) is 0 Å². The Hall–Kier alpha value is -3.88. The largest absolute Gasteiger partial charge is 0.415 e. The summed E-state index contributed by atoms with van der Waals surface area (Å²) in [6, 6.07) is 17.4. The van der Waals surface area contributed by atoms with E-state index in [2.05, 4.69) is 35.9 Å². The highest BCUT2D eigenvalue weighted by Gasteiger charge is 2.70. The van der Waals surface area contributed by atoms with Crippen molar-refractivity contribution in [2.24, 2.45) is 16.1 Å². The summed E-state index contributed by atoms with van der Waals surface area (Å²) in [4.78, 5) is 6.70. The smallest absolute Gasteiger partial charge is 0.386 e.